The Morgan fingerprint density at radius 1 is 1.29 bits per heavy atom. The van der Waals surface area contributed by atoms with Crippen molar-refractivity contribution in [1.29, 1.82) is 0 Å². The Hall–Kier alpha value is -1.64. The molecule has 1 aromatic rings. The zero-order chi connectivity index (χ0) is 16.3. The van der Waals surface area contributed by atoms with Gasteiger partial charge in [0.1, 0.15) is 5.82 Å². The first-order chi connectivity index (χ1) is 9.57. The maximum Gasteiger partial charge on any atom is 0.389 e. The molecule has 0 spiro atoms. The Kier molecular flexibility index (Phi) is 5.32. The zero-order valence-electron chi connectivity index (χ0n) is 11.0. The van der Waals surface area contributed by atoms with Gasteiger partial charge >= 0.3 is 6.18 Å². The molecule has 1 rings (SSSR count). The average Bonchev–Trinajstić information content (AvgIpc) is 2.38. The van der Waals surface area contributed by atoms with Crippen molar-refractivity contribution in [3.05, 3.63) is 24.0 Å². The smallest absolute Gasteiger partial charge is 0.323 e. The lowest BCUT2D eigenvalue weighted by Crippen LogP contribution is -2.19. The molecular weight excluding hydrogens is 314 g/mol. The maximum absolute atomic E-state index is 13.6. The van der Waals surface area contributed by atoms with Gasteiger partial charge in [0, 0.05) is 6.42 Å². The van der Waals surface area contributed by atoms with E-state index in [-0.39, 0.29) is 5.75 Å². The number of para-hydroxylation sites is 1. The number of rotatable bonds is 5. The van der Waals surface area contributed by atoms with E-state index >= 15 is 0 Å². The zero-order valence-corrected chi connectivity index (χ0v) is 11.8. The highest BCUT2D eigenvalue weighted by Gasteiger charge is 2.28. The Bertz CT molecular complexity index is 626. The standard InChI is InChI=1S/C12H13F4NO3S/c1-2-21(19,20)9-5-3-4-8(13)11(9)17-10(18)6-7-12(14,15)16/h3-5H,2,6-7H2,1H3,(H,17,18). The van der Waals surface area contributed by atoms with Crippen molar-refractivity contribution in [3.8, 4) is 0 Å². The third kappa shape index (κ3) is 5.00. The summed E-state index contributed by atoms with van der Waals surface area (Å²) >= 11 is 0. The van der Waals surface area contributed by atoms with E-state index in [1.165, 1.54) is 6.92 Å². The molecule has 0 aliphatic carbocycles. The maximum atomic E-state index is 13.6. The second kappa shape index (κ2) is 6.42. The monoisotopic (exact) mass is 327 g/mol. The number of hydrogen-bond acceptors (Lipinski definition) is 3. The van der Waals surface area contributed by atoms with Crippen LogP contribution in [0.25, 0.3) is 0 Å². The minimum atomic E-state index is -4.52. The number of anilines is 1. The predicted octanol–water partition coefficient (Wildman–Crippen LogP) is 2.90. The minimum absolute atomic E-state index is 0.331. The van der Waals surface area contributed by atoms with Crippen molar-refractivity contribution >= 4 is 21.4 Å². The number of carbonyl (C=O) groups excluding carboxylic acids is 1. The fourth-order valence-electron chi connectivity index (χ4n) is 1.50. The minimum Gasteiger partial charge on any atom is -0.323 e. The summed E-state index contributed by atoms with van der Waals surface area (Å²) in [7, 11) is -3.82. The molecule has 9 heteroatoms. The molecule has 0 bridgehead atoms. The van der Waals surface area contributed by atoms with Crippen LogP contribution in [0.1, 0.15) is 19.8 Å². The van der Waals surface area contributed by atoms with Gasteiger partial charge in [-0.3, -0.25) is 4.79 Å². The molecule has 21 heavy (non-hydrogen) atoms. The lowest BCUT2D eigenvalue weighted by Gasteiger charge is -2.12. The van der Waals surface area contributed by atoms with Gasteiger partial charge in [-0.2, -0.15) is 13.2 Å². The number of benzene rings is 1. The molecule has 0 fully saturated rings. The third-order valence-electron chi connectivity index (χ3n) is 2.59. The lowest BCUT2D eigenvalue weighted by molar-refractivity contribution is -0.142. The highest BCUT2D eigenvalue weighted by Crippen LogP contribution is 2.27. The lowest BCUT2D eigenvalue weighted by atomic mass is 10.2. The van der Waals surface area contributed by atoms with Crippen molar-refractivity contribution < 1.29 is 30.8 Å². The topological polar surface area (TPSA) is 63.2 Å². The average molecular weight is 327 g/mol. The molecule has 0 heterocycles. The van der Waals surface area contributed by atoms with Crippen LogP contribution in [0.15, 0.2) is 23.1 Å². The van der Waals surface area contributed by atoms with Crippen molar-refractivity contribution in [2.75, 3.05) is 11.1 Å². The van der Waals surface area contributed by atoms with E-state index in [9.17, 15) is 30.8 Å². The van der Waals surface area contributed by atoms with Gasteiger partial charge in [0.05, 0.1) is 22.8 Å². The number of hydrogen-bond donors (Lipinski definition) is 1. The van der Waals surface area contributed by atoms with Gasteiger partial charge < -0.3 is 5.32 Å². The van der Waals surface area contributed by atoms with Gasteiger partial charge in [-0.1, -0.05) is 13.0 Å². The van der Waals surface area contributed by atoms with Crippen LogP contribution in [0.5, 0.6) is 0 Å². The Morgan fingerprint density at radius 3 is 2.43 bits per heavy atom. The molecule has 0 atom stereocenters. The molecular formula is C12H13F4NO3S. The second-order valence-electron chi connectivity index (χ2n) is 4.18. The Morgan fingerprint density at radius 2 is 1.90 bits per heavy atom. The van der Waals surface area contributed by atoms with Crippen LogP contribution in [-0.4, -0.2) is 26.3 Å². The number of halogens is 4. The van der Waals surface area contributed by atoms with Crippen LogP contribution in [0, 0.1) is 5.82 Å². The van der Waals surface area contributed by atoms with Gasteiger partial charge in [-0.25, -0.2) is 12.8 Å². The van der Waals surface area contributed by atoms with Gasteiger partial charge in [-0.05, 0) is 12.1 Å². The quantitative estimate of drug-likeness (QED) is 0.846. The molecule has 0 aromatic heterocycles. The van der Waals surface area contributed by atoms with Crippen molar-refractivity contribution in [1.82, 2.24) is 0 Å². The van der Waals surface area contributed by atoms with E-state index in [2.05, 4.69) is 0 Å². The SMILES string of the molecule is CCS(=O)(=O)c1cccc(F)c1NC(=O)CCC(F)(F)F. The molecule has 4 nitrogen and oxygen atoms in total. The molecule has 1 aromatic carbocycles. The Labute approximate surface area is 119 Å². The fourth-order valence-corrected chi connectivity index (χ4v) is 2.55. The van der Waals surface area contributed by atoms with Crippen LogP contribution < -0.4 is 5.32 Å². The summed E-state index contributed by atoms with van der Waals surface area (Å²) < 4.78 is 73.2. The summed E-state index contributed by atoms with van der Waals surface area (Å²) in [6.07, 6.45) is -6.81. The first-order valence-corrected chi connectivity index (χ1v) is 7.60. The van der Waals surface area contributed by atoms with Gasteiger partial charge in [0.25, 0.3) is 0 Å². The van der Waals surface area contributed by atoms with Crippen LogP contribution in [0.2, 0.25) is 0 Å². The number of amides is 1. The van der Waals surface area contributed by atoms with Crippen molar-refractivity contribution in [2.45, 2.75) is 30.8 Å². The summed E-state index contributed by atoms with van der Waals surface area (Å²) in [6.45, 7) is 1.33. The molecule has 1 N–H and O–H groups in total. The molecule has 0 saturated heterocycles. The number of nitrogens with one attached hydrogen (secondary N) is 1. The first kappa shape index (κ1) is 17.4. The predicted molar refractivity (Wildman–Crippen MR) is 68.0 cm³/mol. The first-order valence-electron chi connectivity index (χ1n) is 5.94. The van der Waals surface area contributed by atoms with E-state index in [4.69, 9.17) is 0 Å². The number of carbonyl (C=O) groups is 1. The number of alkyl halides is 3. The number of sulfone groups is 1. The van der Waals surface area contributed by atoms with E-state index < -0.39 is 51.2 Å². The summed E-state index contributed by atoms with van der Waals surface area (Å²) in [5.74, 6) is -2.46. The van der Waals surface area contributed by atoms with Gasteiger partial charge in [-0.15, -0.1) is 0 Å². The van der Waals surface area contributed by atoms with Crippen LogP contribution >= 0.6 is 0 Å². The molecule has 0 saturated carbocycles. The molecule has 0 radical (unpaired) electrons. The summed E-state index contributed by atoms with van der Waals surface area (Å²) in [5, 5.41) is 1.90. The molecule has 118 valence electrons. The van der Waals surface area contributed by atoms with Gasteiger partial charge in [0.2, 0.25) is 5.91 Å². The van der Waals surface area contributed by atoms with E-state index in [0.29, 0.717) is 0 Å². The van der Waals surface area contributed by atoms with Crippen molar-refractivity contribution in [2.24, 2.45) is 0 Å². The van der Waals surface area contributed by atoms with Gasteiger partial charge in [0.15, 0.2) is 9.84 Å². The molecule has 0 aliphatic heterocycles. The van der Waals surface area contributed by atoms with Crippen LogP contribution in [0.3, 0.4) is 0 Å². The summed E-state index contributed by atoms with van der Waals surface area (Å²) in [5.41, 5.74) is -0.619. The van der Waals surface area contributed by atoms with E-state index in [1.807, 2.05) is 5.32 Å². The highest BCUT2D eigenvalue weighted by atomic mass is 32.2. The molecule has 0 unspecified atom stereocenters. The fraction of sp³-hybridized carbons (Fsp3) is 0.417. The van der Waals surface area contributed by atoms with Crippen molar-refractivity contribution in [3.63, 3.8) is 0 Å². The van der Waals surface area contributed by atoms with Crippen LogP contribution in [0.4, 0.5) is 23.2 Å². The summed E-state index contributed by atoms with van der Waals surface area (Å²) in [4.78, 5) is 11.0. The normalized spacial score (nSPS) is 12.2. The van der Waals surface area contributed by atoms with Crippen LogP contribution in [-0.2, 0) is 14.6 Å². The van der Waals surface area contributed by atoms with E-state index in [0.717, 1.165) is 18.2 Å². The largest absolute Gasteiger partial charge is 0.389 e. The summed E-state index contributed by atoms with van der Waals surface area (Å²) in [6, 6.07) is 3.14. The third-order valence-corrected chi connectivity index (χ3v) is 4.36. The van der Waals surface area contributed by atoms with E-state index in [1.54, 1.807) is 0 Å². The Balaban J connectivity index is 3.01. The highest BCUT2D eigenvalue weighted by molar-refractivity contribution is 7.91. The molecule has 0 aliphatic rings. The molecule has 1 amide bonds. The second-order valence-corrected chi connectivity index (χ2v) is 6.43.